The van der Waals surface area contributed by atoms with E-state index in [1.807, 2.05) is 6.07 Å². The molecule has 0 radical (unpaired) electrons. The van der Waals surface area contributed by atoms with Gasteiger partial charge in [0, 0.05) is 33.8 Å². The number of aliphatic hydroxyl groups excluding tert-OH is 1. The molecule has 0 atom stereocenters. The second-order valence-corrected chi connectivity index (χ2v) is 3.97. The third-order valence-electron chi connectivity index (χ3n) is 2.26. The number of nitrogens with one attached hydrogen (secondary N) is 1. The molecule has 5 heteroatoms. The van der Waals surface area contributed by atoms with Crippen LogP contribution in [0, 0.1) is 0 Å². The molecule has 0 aliphatic carbocycles. The van der Waals surface area contributed by atoms with E-state index < -0.39 is 0 Å². The first-order valence-corrected chi connectivity index (χ1v) is 5.71. The monoisotopic (exact) mass is 266 g/mol. The molecule has 1 aromatic carbocycles. The minimum Gasteiger partial charge on any atom is -0.507 e. The fourth-order valence-electron chi connectivity index (χ4n) is 1.58. The summed E-state index contributed by atoms with van der Waals surface area (Å²) in [6, 6.07) is 5.32. The Morgan fingerprint density at radius 2 is 2.11 bits per heavy atom. The molecule has 0 saturated heterocycles. The first-order valence-electron chi connectivity index (χ1n) is 5.34. The maximum Gasteiger partial charge on any atom is 0.156 e. The Bertz CT molecular complexity index is 588. The van der Waals surface area contributed by atoms with Crippen molar-refractivity contribution in [2.24, 2.45) is 5.73 Å². The summed E-state index contributed by atoms with van der Waals surface area (Å²) in [6.07, 6.45) is 2.83. The van der Waals surface area contributed by atoms with Gasteiger partial charge in [-0.15, -0.1) is 0 Å². The van der Waals surface area contributed by atoms with Crippen LogP contribution in [0.3, 0.4) is 0 Å². The first kappa shape index (κ1) is 14.3. The lowest BCUT2D eigenvalue weighted by Crippen LogP contribution is -1.87. The largest absolute Gasteiger partial charge is 0.507 e. The molecule has 0 aliphatic rings. The van der Waals surface area contributed by atoms with Gasteiger partial charge >= 0.3 is 0 Å². The van der Waals surface area contributed by atoms with Gasteiger partial charge in [-0.3, -0.25) is 4.79 Å². The van der Waals surface area contributed by atoms with Crippen LogP contribution in [0.2, 0.25) is 5.02 Å². The average Bonchev–Trinajstić information content (AvgIpc) is 2.73. The molecule has 0 unspecified atom stereocenters. The van der Waals surface area contributed by atoms with E-state index in [9.17, 15) is 9.90 Å². The maximum atomic E-state index is 10.9. The molecule has 0 bridgehead atoms. The van der Waals surface area contributed by atoms with Gasteiger partial charge in [-0.1, -0.05) is 11.6 Å². The quantitative estimate of drug-likeness (QED) is 0.578. The van der Waals surface area contributed by atoms with Gasteiger partial charge in [0.2, 0.25) is 0 Å². The Labute approximate surface area is 110 Å². The standard InChI is InChI=1S/C12H10ClNO2.CH5N/c1-7(15)4-12(16)10-6-14-11-3-2-8(13)5-9(10)11;1-2/h2-6,14,16H,1H3;2H2,1H3. The number of rotatable bonds is 2. The van der Waals surface area contributed by atoms with Gasteiger partial charge in [-0.05, 0) is 32.2 Å². The second-order valence-electron chi connectivity index (χ2n) is 3.53. The lowest BCUT2D eigenvalue weighted by molar-refractivity contribution is -0.112. The molecule has 0 fully saturated rings. The van der Waals surface area contributed by atoms with Crippen molar-refractivity contribution in [2.75, 3.05) is 7.05 Å². The van der Waals surface area contributed by atoms with Crippen molar-refractivity contribution in [3.63, 3.8) is 0 Å². The molecule has 1 aromatic heterocycles. The molecule has 2 rings (SSSR count). The highest BCUT2D eigenvalue weighted by Gasteiger charge is 2.08. The van der Waals surface area contributed by atoms with E-state index in [0.29, 0.717) is 10.6 Å². The van der Waals surface area contributed by atoms with E-state index >= 15 is 0 Å². The molecule has 0 aliphatic heterocycles. The second kappa shape index (κ2) is 6.23. The van der Waals surface area contributed by atoms with Crippen LogP contribution < -0.4 is 5.73 Å². The number of nitrogens with two attached hydrogens (primary N) is 1. The zero-order valence-corrected chi connectivity index (χ0v) is 11.0. The zero-order chi connectivity index (χ0) is 13.7. The predicted octanol–water partition coefficient (Wildman–Crippen LogP) is 2.88. The molecule has 96 valence electrons. The molecule has 0 saturated carbocycles. The lowest BCUT2D eigenvalue weighted by Gasteiger charge is -1.97. The van der Waals surface area contributed by atoms with Gasteiger partial charge in [0.15, 0.2) is 5.78 Å². The molecule has 18 heavy (non-hydrogen) atoms. The van der Waals surface area contributed by atoms with Gasteiger partial charge in [-0.2, -0.15) is 0 Å². The zero-order valence-electron chi connectivity index (χ0n) is 10.2. The summed E-state index contributed by atoms with van der Waals surface area (Å²) in [5, 5.41) is 11.1. The number of H-pyrrole nitrogens is 1. The number of halogens is 1. The smallest absolute Gasteiger partial charge is 0.156 e. The topological polar surface area (TPSA) is 79.1 Å². The summed E-state index contributed by atoms with van der Waals surface area (Å²) in [7, 11) is 1.50. The SMILES string of the molecule is CC(=O)C=C(O)c1c[nH]c2ccc(Cl)cc12.CN. The number of hydrogen-bond acceptors (Lipinski definition) is 3. The Kier molecular flexibility index (Phi) is 4.95. The van der Waals surface area contributed by atoms with E-state index in [-0.39, 0.29) is 11.5 Å². The number of hydrogen-bond donors (Lipinski definition) is 3. The molecule has 2 aromatic rings. The van der Waals surface area contributed by atoms with Crippen LogP contribution in [-0.2, 0) is 4.79 Å². The first-order chi connectivity index (χ1) is 8.58. The molecule has 4 N–H and O–H groups in total. The van der Waals surface area contributed by atoms with Crippen LogP contribution in [0.5, 0.6) is 0 Å². The molecular formula is C13H15ClN2O2. The lowest BCUT2D eigenvalue weighted by atomic mass is 10.1. The van der Waals surface area contributed by atoms with E-state index in [2.05, 4.69) is 10.7 Å². The van der Waals surface area contributed by atoms with Crippen molar-refractivity contribution in [3.05, 3.63) is 41.1 Å². The number of carbonyl (C=O) groups excluding carboxylic acids is 1. The number of benzene rings is 1. The van der Waals surface area contributed by atoms with Crippen LogP contribution in [0.4, 0.5) is 0 Å². The Morgan fingerprint density at radius 1 is 1.44 bits per heavy atom. The van der Waals surface area contributed by atoms with E-state index in [1.165, 1.54) is 20.0 Å². The van der Waals surface area contributed by atoms with Gasteiger partial charge in [0.25, 0.3) is 0 Å². The highest BCUT2D eigenvalue weighted by Crippen LogP contribution is 2.26. The van der Waals surface area contributed by atoms with Gasteiger partial charge < -0.3 is 15.8 Å². The third-order valence-corrected chi connectivity index (χ3v) is 2.49. The summed E-state index contributed by atoms with van der Waals surface area (Å²) in [4.78, 5) is 13.9. The van der Waals surface area contributed by atoms with Crippen molar-refractivity contribution in [2.45, 2.75) is 6.92 Å². The van der Waals surface area contributed by atoms with Crippen LogP contribution in [0.15, 0.2) is 30.5 Å². The van der Waals surface area contributed by atoms with Crippen molar-refractivity contribution in [1.29, 1.82) is 0 Å². The molecule has 0 amide bonds. The Balaban J connectivity index is 0.000000771. The van der Waals surface area contributed by atoms with Crippen molar-refractivity contribution < 1.29 is 9.90 Å². The Hall–Kier alpha value is -1.78. The van der Waals surface area contributed by atoms with Gasteiger partial charge in [0.05, 0.1) is 0 Å². The Morgan fingerprint density at radius 3 is 2.72 bits per heavy atom. The van der Waals surface area contributed by atoms with Crippen LogP contribution in [0.1, 0.15) is 12.5 Å². The number of carbonyl (C=O) groups is 1. The summed E-state index contributed by atoms with van der Waals surface area (Å²) in [5.41, 5.74) is 5.94. The summed E-state index contributed by atoms with van der Waals surface area (Å²) < 4.78 is 0. The van der Waals surface area contributed by atoms with Crippen molar-refractivity contribution in [3.8, 4) is 0 Å². The fourth-order valence-corrected chi connectivity index (χ4v) is 1.75. The van der Waals surface area contributed by atoms with Crippen LogP contribution >= 0.6 is 11.6 Å². The number of aromatic nitrogens is 1. The normalized spacial score (nSPS) is 11.0. The molecule has 1 heterocycles. The number of aromatic amines is 1. The predicted molar refractivity (Wildman–Crippen MR) is 74.7 cm³/mol. The molecule has 0 spiro atoms. The van der Waals surface area contributed by atoms with Gasteiger partial charge in [0.1, 0.15) is 5.76 Å². The highest BCUT2D eigenvalue weighted by atomic mass is 35.5. The third kappa shape index (κ3) is 3.12. The van der Waals surface area contributed by atoms with E-state index in [1.54, 1.807) is 18.3 Å². The number of aliphatic hydroxyl groups is 1. The van der Waals surface area contributed by atoms with E-state index in [0.717, 1.165) is 10.9 Å². The minimum atomic E-state index is -0.200. The molecule has 4 nitrogen and oxygen atoms in total. The maximum absolute atomic E-state index is 10.9. The summed E-state index contributed by atoms with van der Waals surface area (Å²) >= 11 is 5.88. The molecular weight excluding hydrogens is 252 g/mol. The number of ketones is 1. The van der Waals surface area contributed by atoms with E-state index in [4.69, 9.17) is 11.6 Å². The minimum absolute atomic E-state index is 0.0546. The summed E-state index contributed by atoms with van der Waals surface area (Å²) in [6.45, 7) is 1.39. The van der Waals surface area contributed by atoms with Crippen LogP contribution in [0.25, 0.3) is 16.7 Å². The summed E-state index contributed by atoms with van der Waals surface area (Å²) in [5.74, 6) is -0.255. The van der Waals surface area contributed by atoms with Gasteiger partial charge in [-0.25, -0.2) is 0 Å². The van der Waals surface area contributed by atoms with Crippen LogP contribution in [-0.4, -0.2) is 22.9 Å². The highest BCUT2D eigenvalue weighted by molar-refractivity contribution is 6.31. The average molecular weight is 267 g/mol. The fraction of sp³-hybridized carbons (Fsp3) is 0.154. The number of allylic oxidation sites excluding steroid dienone is 1. The van der Waals surface area contributed by atoms with Crippen molar-refractivity contribution >= 4 is 34.0 Å². The number of fused-ring (bicyclic) bond motifs is 1. The van der Waals surface area contributed by atoms with Crippen molar-refractivity contribution in [1.82, 2.24) is 4.98 Å².